The van der Waals surface area contributed by atoms with Gasteiger partial charge in [-0.25, -0.2) is 9.59 Å². The molecular formula is C12H22N2O4. The van der Waals surface area contributed by atoms with Crippen molar-refractivity contribution in [3.05, 3.63) is 0 Å². The molecule has 0 radical (unpaired) electrons. The van der Waals surface area contributed by atoms with E-state index in [2.05, 4.69) is 5.32 Å². The smallest absolute Gasteiger partial charge is 0.329 e. The molecule has 2 amide bonds. The first-order valence-electron chi connectivity index (χ1n) is 6.25. The highest BCUT2D eigenvalue weighted by atomic mass is 16.5. The monoisotopic (exact) mass is 258 g/mol. The van der Waals surface area contributed by atoms with Crippen LogP contribution in [0.1, 0.15) is 26.7 Å². The summed E-state index contributed by atoms with van der Waals surface area (Å²) in [5.41, 5.74) is -1.16. The molecule has 0 aromatic heterocycles. The van der Waals surface area contributed by atoms with E-state index in [-0.39, 0.29) is 11.9 Å². The molecule has 0 bridgehead atoms. The number of carboxylic acids is 1. The van der Waals surface area contributed by atoms with Gasteiger partial charge in [-0.3, -0.25) is 0 Å². The standard InChI is InChI=1S/C12H22N2O4/c1-4-14(7-8-18-3)11(17)13-12(2,10(15)16)9-5-6-9/h9H,4-8H2,1-3H3,(H,13,17)(H,15,16). The van der Waals surface area contributed by atoms with Gasteiger partial charge in [0.2, 0.25) is 0 Å². The molecule has 0 aromatic rings. The molecule has 0 saturated heterocycles. The van der Waals surface area contributed by atoms with Crippen LogP contribution in [-0.2, 0) is 9.53 Å². The number of urea groups is 1. The number of ether oxygens (including phenoxy) is 1. The van der Waals surface area contributed by atoms with Crippen LogP contribution >= 0.6 is 0 Å². The van der Waals surface area contributed by atoms with Crippen molar-refractivity contribution >= 4 is 12.0 Å². The van der Waals surface area contributed by atoms with Crippen LogP contribution in [0.4, 0.5) is 4.79 Å². The number of hydrogen-bond acceptors (Lipinski definition) is 3. The van der Waals surface area contributed by atoms with Gasteiger partial charge in [-0.05, 0) is 32.6 Å². The zero-order valence-electron chi connectivity index (χ0n) is 11.2. The molecule has 6 nitrogen and oxygen atoms in total. The number of nitrogens with one attached hydrogen (secondary N) is 1. The predicted molar refractivity (Wildman–Crippen MR) is 66.4 cm³/mol. The number of methoxy groups -OCH3 is 1. The number of nitrogens with zero attached hydrogens (tertiary/aromatic N) is 1. The molecule has 6 heteroatoms. The SMILES string of the molecule is CCN(CCOC)C(=O)NC(C)(C(=O)O)C1CC1. The van der Waals surface area contributed by atoms with Gasteiger partial charge in [0.05, 0.1) is 6.61 Å². The van der Waals surface area contributed by atoms with Crippen molar-refractivity contribution < 1.29 is 19.4 Å². The summed E-state index contributed by atoms with van der Waals surface area (Å²) in [5, 5.41) is 11.9. The molecule has 104 valence electrons. The molecule has 1 aliphatic rings. The van der Waals surface area contributed by atoms with E-state index in [1.54, 1.807) is 18.9 Å². The Balaban J connectivity index is 2.62. The molecule has 1 aliphatic carbocycles. The normalized spacial score (nSPS) is 17.9. The highest BCUT2D eigenvalue weighted by Gasteiger charge is 2.49. The minimum Gasteiger partial charge on any atom is -0.480 e. The van der Waals surface area contributed by atoms with Crippen LogP contribution in [0.25, 0.3) is 0 Å². The average molecular weight is 258 g/mol. The van der Waals surface area contributed by atoms with Crippen LogP contribution in [0.2, 0.25) is 0 Å². The molecule has 0 heterocycles. The molecule has 1 atom stereocenters. The van der Waals surface area contributed by atoms with E-state index in [4.69, 9.17) is 4.74 Å². The maximum absolute atomic E-state index is 12.0. The van der Waals surface area contributed by atoms with Gasteiger partial charge < -0.3 is 20.1 Å². The first-order chi connectivity index (χ1) is 8.45. The van der Waals surface area contributed by atoms with Crippen molar-refractivity contribution in [2.45, 2.75) is 32.2 Å². The minimum atomic E-state index is -1.16. The molecular weight excluding hydrogens is 236 g/mol. The van der Waals surface area contributed by atoms with E-state index in [9.17, 15) is 14.7 Å². The zero-order chi connectivity index (χ0) is 13.8. The summed E-state index contributed by atoms with van der Waals surface area (Å²) in [6, 6.07) is -0.341. The summed E-state index contributed by atoms with van der Waals surface area (Å²) in [6.45, 7) is 4.85. The number of rotatable bonds is 7. The van der Waals surface area contributed by atoms with Gasteiger partial charge in [-0.1, -0.05) is 0 Å². The first kappa shape index (κ1) is 14.8. The van der Waals surface area contributed by atoms with E-state index >= 15 is 0 Å². The highest BCUT2D eigenvalue weighted by Crippen LogP contribution is 2.39. The average Bonchev–Trinajstić information content (AvgIpc) is 3.13. The second kappa shape index (κ2) is 6.04. The van der Waals surface area contributed by atoms with Crippen molar-refractivity contribution in [1.82, 2.24) is 10.2 Å². The summed E-state index contributed by atoms with van der Waals surface area (Å²) >= 11 is 0. The Labute approximate surface area is 107 Å². The zero-order valence-corrected chi connectivity index (χ0v) is 11.2. The Bertz CT molecular complexity index is 317. The topological polar surface area (TPSA) is 78.9 Å². The number of amides is 2. The van der Waals surface area contributed by atoms with Gasteiger partial charge in [0.1, 0.15) is 5.54 Å². The summed E-state index contributed by atoms with van der Waals surface area (Å²) in [7, 11) is 1.57. The Hall–Kier alpha value is -1.30. The number of carbonyl (C=O) groups is 2. The third kappa shape index (κ3) is 3.35. The maximum atomic E-state index is 12.0. The Morgan fingerprint density at radius 3 is 2.50 bits per heavy atom. The van der Waals surface area contributed by atoms with Crippen LogP contribution in [0, 0.1) is 5.92 Å². The van der Waals surface area contributed by atoms with Crippen molar-refractivity contribution in [2.24, 2.45) is 5.92 Å². The maximum Gasteiger partial charge on any atom is 0.329 e. The summed E-state index contributed by atoms with van der Waals surface area (Å²) in [4.78, 5) is 24.9. The molecule has 1 saturated carbocycles. The molecule has 18 heavy (non-hydrogen) atoms. The fourth-order valence-electron chi connectivity index (χ4n) is 1.90. The van der Waals surface area contributed by atoms with Gasteiger partial charge in [-0.15, -0.1) is 0 Å². The fourth-order valence-corrected chi connectivity index (χ4v) is 1.90. The van der Waals surface area contributed by atoms with Crippen LogP contribution < -0.4 is 5.32 Å². The predicted octanol–water partition coefficient (Wildman–Crippen LogP) is 0.918. The van der Waals surface area contributed by atoms with Crippen LogP contribution in [0.5, 0.6) is 0 Å². The molecule has 2 N–H and O–H groups in total. The van der Waals surface area contributed by atoms with E-state index in [1.165, 1.54) is 0 Å². The van der Waals surface area contributed by atoms with Gasteiger partial charge in [0.25, 0.3) is 0 Å². The molecule has 1 unspecified atom stereocenters. The van der Waals surface area contributed by atoms with Gasteiger partial charge >= 0.3 is 12.0 Å². The number of carboxylic acid groups (broad SMARTS) is 1. The molecule has 1 fully saturated rings. The molecule has 1 rings (SSSR count). The van der Waals surface area contributed by atoms with Crippen molar-refractivity contribution in [2.75, 3.05) is 26.8 Å². The van der Waals surface area contributed by atoms with E-state index < -0.39 is 11.5 Å². The van der Waals surface area contributed by atoms with E-state index in [1.807, 2.05) is 6.92 Å². The lowest BCUT2D eigenvalue weighted by Crippen LogP contribution is -2.57. The highest BCUT2D eigenvalue weighted by molar-refractivity contribution is 5.86. The summed E-state index contributed by atoms with van der Waals surface area (Å²) in [5.74, 6) is -0.929. The third-order valence-electron chi connectivity index (χ3n) is 3.44. The largest absolute Gasteiger partial charge is 0.480 e. The molecule has 0 aromatic carbocycles. The Morgan fingerprint density at radius 2 is 2.11 bits per heavy atom. The van der Waals surface area contributed by atoms with Gasteiger partial charge in [-0.2, -0.15) is 0 Å². The van der Waals surface area contributed by atoms with Gasteiger partial charge in [0, 0.05) is 20.2 Å². The van der Waals surface area contributed by atoms with Crippen molar-refractivity contribution in [3.63, 3.8) is 0 Å². The quantitative estimate of drug-likeness (QED) is 0.711. The van der Waals surface area contributed by atoms with Crippen LogP contribution in [-0.4, -0.2) is 54.4 Å². The number of likely N-dealkylation sites (N-methyl/N-ethyl adjacent to an activating group) is 1. The van der Waals surface area contributed by atoms with E-state index in [0.717, 1.165) is 12.8 Å². The van der Waals surface area contributed by atoms with Crippen LogP contribution in [0.15, 0.2) is 0 Å². The second-order valence-corrected chi connectivity index (χ2v) is 4.78. The molecule has 0 aliphatic heterocycles. The summed E-state index contributed by atoms with van der Waals surface area (Å²) in [6.07, 6.45) is 1.71. The first-order valence-corrected chi connectivity index (χ1v) is 6.25. The third-order valence-corrected chi connectivity index (χ3v) is 3.44. The lowest BCUT2D eigenvalue weighted by atomic mass is 9.96. The number of carbonyl (C=O) groups excluding carboxylic acids is 1. The fraction of sp³-hybridized carbons (Fsp3) is 0.833. The number of hydrogen-bond donors (Lipinski definition) is 2. The van der Waals surface area contributed by atoms with Gasteiger partial charge in [0.15, 0.2) is 0 Å². The van der Waals surface area contributed by atoms with Crippen molar-refractivity contribution in [3.8, 4) is 0 Å². The Morgan fingerprint density at radius 1 is 1.50 bits per heavy atom. The summed E-state index contributed by atoms with van der Waals surface area (Å²) < 4.78 is 4.92. The van der Waals surface area contributed by atoms with Crippen LogP contribution in [0.3, 0.4) is 0 Å². The minimum absolute atomic E-state index is 0.0417. The second-order valence-electron chi connectivity index (χ2n) is 4.78. The molecule has 0 spiro atoms. The Kier molecular flexibility index (Phi) is 4.95. The number of aliphatic carboxylic acids is 1. The lowest BCUT2D eigenvalue weighted by Gasteiger charge is -2.30. The lowest BCUT2D eigenvalue weighted by molar-refractivity contribution is -0.144. The van der Waals surface area contributed by atoms with E-state index in [0.29, 0.717) is 19.7 Å². The van der Waals surface area contributed by atoms with Crippen molar-refractivity contribution in [1.29, 1.82) is 0 Å².